The Kier molecular flexibility index (Phi) is 6.15. The maximum Gasteiger partial charge on any atom is 0.234 e. The molecule has 0 unspecified atom stereocenters. The molecule has 3 rings (SSSR count). The van der Waals surface area contributed by atoms with Gasteiger partial charge >= 0.3 is 0 Å². The summed E-state index contributed by atoms with van der Waals surface area (Å²) in [4.78, 5) is 14.5. The second kappa shape index (κ2) is 8.54. The molecule has 1 aromatic rings. The largest absolute Gasteiger partial charge is 0.490 e. The van der Waals surface area contributed by atoms with Crippen molar-refractivity contribution in [2.45, 2.75) is 38.3 Å². The maximum absolute atomic E-state index is 12.3. The molecular formula is C19H28N2O4. The lowest BCUT2D eigenvalue weighted by Gasteiger charge is -2.25. The van der Waals surface area contributed by atoms with Gasteiger partial charge in [0, 0.05) is 25.6 Å². The van der Waals surface area contributed by atoms with Gasteiger partial charge in [-0.1, -0.05) is 6.07 Å². The first kappa shape index (κ1) is 18.0. The summed E-state index contributed by atoms with van der Waals surface area (Å²) in [6.07, 6.45) is 3.06. The van der Waals surface area contributed by atoms with Crippen LogP contribution in [0.5, 0.6) is 11.5 Å². The van der Waals surface area contributed by atoms with Gasteiger partial charge in [0.05, 0.1) is 26.4 Å². The molecule has 2 heterocycles. The molecule has 6 nitrogen and oxygen atoms in total. The first-order chi connectivity index (χ1) is 12.2. The van der Waals surface area contributed by atoms with Crippen LogP contribution in [0.2, 0.25) is 0 Å². The van der Waals surface area contributed by atoms with E-state index in [2.05, 4.69) is 22.3 Å². The number of nitrogens with one attached hydrogen (secondary N) is 1. The molecule has 0 radical (unpaired) electrons. The van der Waals surface area contributed by atoms with Gasteiger partial charge in [-0.25, -0.2) is 0 Å². The van der Waals surface area contributed by atoms with Crippen molar-refractivity contribution in [1.82, 2.24) is 10.2 Å². The molecule has 0 aliphatic carbocycles. The van der Waals surface area contributed by atoms with Crippen LogP contribution in [0, 0.1) is 0 Å². The third kappa shape index (κ3) is 4.64. The minimum Gasteiger partial charge on any atom is -0.490 e. The molecule has 1 aromatic carbocycles. The zero-order valence-electron chi connectivity index (χ0n) is 15.1. The van der Waals surface area contributed by atoms with E-state index in [1.54, 1.807) is 7.11 Å². The van der Waals surface area contributed by atoms with Gasteiger partial charge in [0.15, 0.2) is 11.5 Å². The van der Waals surface area contributed by atoms with Crippen LogP contribution in [0.4, 0.5) is 0 Å². The fraction of sp³-hybridized carbons (Fsp3) is 0.632. The van der Waals surface area contributed by atoms with Crippen molar-refractivity contribution in [2.24, 2.45) is 0 Å². The number of benzene rings is 1. The molecular weight excluding hydrogens is 320 g/mol. The van der Waals surface area contributed by atoms with Crippen LogP contribution in [0.1, 0.15) is 37.8 Å². The number of ether oxygens (including phenoxy) is 3. The molecule has 2 atom stereocenters. The Balaban J connectivity index is 1.65. The lowest BCUT2D eigenvalue weighted by Crippen LogP contribution is -2.42. The predicted molar refractivity (Wildman–Crippen MR) is 95.1 cm³/mol. The maximum atomic E-state index is 12.3. The Morgan fingerprint density at radius 1 is 1.32 bits per heavy atom. The number of nitrogens with zero attached hydrogens (tertiary/aromatic N) is 1. The van der Waals surface area contributed by atoms with Crippen LogP contribution in [0.15, 0.2) is 18.2 Å². The van der Waals surface area contributed by atoms with E-state index >= 15 is 0 Å². The van der Waals surface area contributed by atoms with Gasteiger partial charge in [0.25, 0.3) is 0 Å². The molecule has 6 heteroatoms. The van der Waals surface area contributed by atoms with E-state index in [0.717, 1.165) is 37.3 Å². The molecule has 25 heavy (non-hydrogen) atoms. The Morgan fingerprint density at radius 2 is 2.12 bits per heavy atom. The highest BCUT2D eigenvalue weighted by Gasteiger charge is 2.28. The topological polar surface area (TPSA) is 60.0 Å². The van der Waals surface area contributed by atoms with Gasteiger partial charge in [-0.2, -0.15) is 0 Å². The smallest absolute Gasteiger partial charge is 0.234 e. The molecule has 0 bridgehead atoms. The van der Waals surface area contributed by atoms with Crippen molar-refractivity contribution < 1.29 is 19.0 Å². The van der Waals surface area contributed by atoms with Crippen molar-refractivity contribution >= 4 is 5.91 Å². The van der Waals surface area contributed by atoms with Crippen molar-refractivity contribution in [3.05, 3.63) is 23.8 Å². The summed E-state index contributed by atoms with van der Waals surface area (Å²) in [5, 5.41) is 2.99. The standard InChI is InChI=1S/C19H28N2O4/c1-14(13-23-2)20-19(22)12-21-8-3-5-16(21)15-6-7-17-18(11-15)25-10-4-9-24-17/h6-7,11,14,16H,3-5,8-10,12-13H2,1-2H3,(H,20,22)/t14-,16+/m0/s1. The normalized spacial score (nSPS) is 21.6. The number of carbonyl (C=O) groups excluding carboxylic acids is 1. The van der Waals surface area contributed by atoms with E-state index in [0.29, 0.717) is 26.4 Å². The second-order valence-corrected chi connectivity index (χ2v) is 6.81. The molecule has 1 fully saturated rings. The molecule has 0 saturated carbocycles. The number of rotatable bonds is 6. The minimum atomic E-state index is 0.0246. The quantitative estimate of drug-likeness (QED) is 0.853. The number of carbonyl (C=O) groups is 1. The van der Waals surface area contributed by atoms with Gasteiger partial charge in [0.2, 0.25) is 5.91 Å². The summed E-state index contributed by atoms with van der Waals surface area (Å²) >= 11 is 0. The van der Waals surface area contributed by atoms with E-state index in [-0.39, 0.29) is 18.0 Å². The van der Waals surface area contributed by atoms with Crippen molar-refractivity contribution in [3.8, 4) is 11.5 Å². The highest BCUT2D eigenvalue weighted by molar-refractivity contribution is 5.78. The van der Waals surface area contributed by atoms with Crippen LogP contribution in [0.25, 0.3) is 0 Å². The first-order valence-electron chi connectivity index (χ1n) is 9.09. The Morgan fingerprint density at radius 3 is 2.92 bits per heavy atom. The van der Waals surface area contributed by atoms with Crippen LogP contribution < -0.4 is 14.8 Å². The third-order valence-corrected chi connectivity index (χ3v) is 4.69. The average molecular weight is 348 g/mol. The average Bonchev–Trinajstić information content (AvgIpc) is 2.90. The van der Waals surface area contributed by atoms with Crippen LogP contribution >= 0.6 is 0 Å². The summed E-state index contributed by atoms with van der Waals surface area (Å²) in [5.74, 6) is 1.68. The number of hydrogen-bond acceptors (Lipinski definition) is 5. The molecule has 0 aromatic heterocycles. The van der Waals surface area contributed by atoms with E-state index in [1.807, 2.05) is 13.0 Å². The molecule has 2 aliphatic heterocycles. The van der Waals surface area contributed by atoms with Gasteiger partial charge in [-0.3, -0.25) is 9.69 Å². The van der Waals surface area contributed by atoms with E-state index in [9.17, 15) is 4.79 Å². The van der Waals surface area contributed by atoms with E-state index < -0.39 is 0 Å². The van der Waals surface area contributed by atoms with Gasteiger partial charge in [-0.05, 0) is 44.0 Å². The van der Waals surface area contributed by atoms with Crippen LogP contribution in [-0.4, -0.2) is 56.9 Å². The molecule has 1 saturated heterocycles. The van der Waals surface area contributed by atoms with Gasteiger partial charge in [-0.15, -0.1) is 0 Å². The number of methoxy groups -OCH3 is 1. The summed E-state index contributed by atoms with van der Waals surface area (Å²) in [6.45, 7) is 5.20. The summed E-state index contributed by atoms with van der Waals surface area (Å²) in [6, 6.07) is 6.45. The zero-order valence-corrected chi connectivity index (χ0v) is 15.1. The van der Waals surface area contributed by atoms with Crippen molar-refractivity contribution in [2.75, 3.05) is 40.0 Å². The predicted octanol–water partition coefficient (Wildman–Crippen LogP) is 2.14. The van der Waals surface area contributed by atoms with Crippen molar-refractivity contribution in [1.29, 1.82) is 0 Å². The molecule has 1 amide bonds. The first-order valence-corrected chi connectivity index (χ1v) is 9.09. The number of hydrogen-bond donors (Lipinski definition) is 1. The Labute approximate surface area is 149 Å². The summed E-state index contributed by atoms with van der Waals surface area (Å²) in [7, 11) is 1.64. The minimum absolute atomic E-state index is 0.0246. The molecule has 2 aliphatic rings. The molecule has 0 spiro atoms. The van der Waals surface area contributed by atoms with Crippen LogP contribution in [-0.2, 0) is 9.53 Å². The highest BCUT2D eigenvalue weighted by Crippen LogP contribution is 2.37. The fourth-order valence-electron chi connectivity index (χ4n) is 3.58. The number of fused-ring (bicyclic) bond motifs is 1. The van der Waals surface area contributed by atoms with E-state index in [1.165, 1.54) is 5.56 Å². The lowest BCUT2D eigenvalue weighted by molar-refractivity contribution is -0.123. The monoisotopic (exact) mass is 348 g/mol. The summed E-state index contributed by atoms with van der Waals surface area (Å²) in [5.41, 5.74) is 1.19. The number of likely N-dealkylation sites (tertiary alicyclic amines) is 1. The second-order valence-electron chi connectivity index (χ2n) is 6.81. The Hall–Kier alpha value is -1.79. The van der Waals surface area contributed by atoms with Gasteiger partial charge < -0.3 is 19.5 Å². The van der Waals surface area contributed by atoms with E-state index in [4.69, 9.17) is 14.2 Å². The Bertz CT molecular complexity index is 593. The fourth-order valence-corrected chi connectivity index (χ4v) is 3.58. The SMILES string of the molecule is COC[C@H](C)NC(=O)CN1CCC[C@@H]1c1ccc2c(c1)OCCCO2. The highest BCUT2D eigenvalue weighted by atomic mass is 16.5. The van der Waals surface area contributed by atoms with Crippen LogP contribution in [0.3, 0.4) is 0 Å². The number of amides is 1. The molecule has 138 valence electrons. The summed E-state index contributed by atoms with van der Waals surface area (Å²) < 4.78 is 16.6. The van der Waals surface area contributed by atoms with Crippen molar-refractivity contribution in [3.63, 3.8) is 0 Å². The lowest BCUT2D eigenvalue weighted by atomic mass is 10.0. The van der Waals surface area contributed by atoms with Gasteiger partial charge in [0.1, 0.15) is 0 Å². The zero-order chi connectivity index (χ0) is 17.6. The molecule has 1 N–H and O–H groups in total. The third-order valence-electron chi connectivity index (χ3n) is 4.69.